The van der Waals surface area contributed by atoms with Crippen LogP contribution in [0.4, 0.5) is 0 Å². The number of fused-ring (bicyclic) bond motifs is 5. The van der Waals surface area contributed by atoms with E-state index < -0.39 is 0 Å². The molecule has 0 saturated heterocycles. The molecule has 1 nitrogen and oxygen atoms in total. The van der Waals surface area contributed by atoms with Gasteiger partial charge < -0.3 is 4.74 Å². The summed E-state index contributed by atoms with van der Waals surface area (Å²) in [6.45, 7) is 16.1. The number of hydrogen-bond acceptors (Lipinski definition) is 1. The van der Waals surface area contributed by atoms with Crippen LogP contribution in [0.1, 0.15) is 157 Å². The largest absolute Gasteiger partial charge is 0.378 e. The zero-order valence-corrected chi connectivity index (χ0v) is 26.0. The van der Waals surface area contributed by atoms with Crippen LogP contribution in [0.5, 0.6) is 0 Å². The molecule has 0 aromatic heterocycles. The lowest BCUT2D eigenvalue weighted by molar-refractivity contribution is -0.0641. The Labute approximate surface area is 232 Å². The fourth-order valence-corrected chi connectivity index (χ4v) is 10.1. The first-order chi connectivity index (χ1) is 17.8. The zero-order valence-electron chi connectivity index (χ0n) is 26.0. The summed E-state index contributed by atoms with van der Waals surface area (Å²) < 4.78 is 6.47. The van der Waals surface area contributed by atoms with E-state index in [9.17, 15) is 0 Å². The summed E-state index contributed by atoms with van der Waals surface area (Å²) >= 11 is 0. The van der Waals surface area contributed by atoms with Crippen LogP contribution in [-0.2, 0) is 4.74 Å². The Kier molecular flexibility index (Phi) is 10.7. The molecule has 0 aromatic rings. The molecule has 214 valence electrons. The van der Waals surface area contributed by atoms with Crippen molar-refractivity contribution in [3.05, 3.63) is 11.6 Å². The van der Waals surface area contributed by atoms with Gasteiger partial charge in [0, 0.05) is 6.61 Å². The van der Waals surface area contributed by atoms with Gasteiger partial charge in [-0.1, -0.05) is 111 Å². The summed E-state index contributed by atoms with van der Waals surface area (Å²) in [4.78, 5) is 0. The highest BCUT2D eigenvalue weighted by atomic mass is 16.5. The van der Waals surface area contributed by atoms with E-state index in [1.807, 2.05) is 0 Å². The van der Waals surface area contributed by atoms with Gasteiger partial charge in [0.15, 0.2) is 0 Å². The molecule has 1 heteroatoms. The van der Waals surface area contributed by atoms with Gasteiger partial charge in [-0.2, -0.15) is 0 Å². The summed E-state index contributed by atoms with van der Waals surface area (Å²) in [7, 11) is 0. The lowest BCUT2D eigenvalue weighted by Crippen LogP contribution is -2.51. The monoisotopic (exact) mass is 512 g/mol. The predicted octanol–water partition coefficient (Wildman–Crippen LogP) is 11.2. The standard InChI is InChI=1S/C36H64O/c1-7-8-9-10-11-12-13-25-37-30-21-23-35(5)29(26-30)17-18-31-33-20-19-32(28(4)16-14-15-27(2)3)36(33,6)24-22-34(31)35/h17,27-28,30-34H,7-16,18-26H2,1-6H3/t28-,30+,31+,32-,33+,34+,35+,36-/m1/s1. The first-order valence-corrected chi connectivity index (χ1v) is 17.1. The van der Waals surface area contributed by atoms with Crippen molar-refractivity contribution in [2.45, 2.75) is 163 Å². The maximum atomic E-state index is 6.47. The highest BCUT2D eigenvalue weighted by Crippen LogP contribution is 2.67. The van der Waals surface area contributed by atoms with Crippen LogP contribution < -0.4 is 0 Å². The molecule has 4 aliphatic rings. The minimum absolute atomic E-state index is 0.463. The average Bonchev–Trinajstić information content (AvgIpc) is 3.22. The Morgan fingerprint density at radius 1 is 0.838 bits per heavy atom. The summed E-state index contributed by atoms with van der Waals surface area (Å²) in [5.74, 6) is 5.61. The van der Waals surface area contributed by atoms with Gasteiger partial charge in [0.2, 0.25) is 0 Å². The first kappa shape index (κ1) is 29.7. The van der Waals surface area contributed by atoms with Crippen LogP contribution in [0.15, 0.2) is 11.6 Å². The zero-order chi connectivity index (χ0) is 26.5. The van der Waals surface area contributed by atoms with Gasteiger partial charge in [0.05, 0.1) is 6.10 Å². The lowest BCUT2D eigenvalue weighted by atomic mass is 9.47. The molecule has 3 saturated carbocycles. The minimum atomic E-state index is 0.463. The molecule has 0 bridgehead atoms. The molecule has 0 aromatic carbocycles. The number of allylic oxidation sites excluding steroid dienone is 1. The Morgan fingerprint density at radius 2 is 1.59 bits per heavy atom. The van der Waals surface area contributed by atoms with Crippen molar-refractivity contribution in [1.82, 2.24) is 0 Å². The number of ether oxygens (including phenoxy) is 1. The average molecular weight is 513 g/mol. The summed E-state index contributed by atoms with van der Waals surface area (Å²) in [6, 6.07) is 0. The topological polar surface area (TPSA) is 9.23 Å². The molecule has 0 N–H and O–H groups in total. The van der Waals surface area contributed by atoms with Crippen LogP contribution in [0.25, 0.3) is 0 Å². The van der Waals surface area contributed by atoms with E-state index in [1.165, 1.54) is 116 Å². The molecule has 0 spiro atoms. The van der Waals surface area contributed by atoms with E-state index in [2.05, 4.69) is 47.6 Å². The molecule has 0 radical (unpaired) electrons. The smallest absolute Gasteiger partial charge is 0.0612 e. The van der Waals surface area contributed by atoms with Gasteiger partial charge in [-0.05, 0) is 104 Å². The maximum absolute atomic E-state index is 6.47. The lowest BCUT2D eigenvalue weighted by Gasteiger charge is -2.58. The number of unbranched alkanes of at least 4 members (excludes halogenated alkanes) is 6. The molecule has 37 heavy (non-hydrogen) atoms. The third-order valence-corrected chi connectivity index (χ3v) is 12.4. The Morgan fingerprint density at radius 3 is 2.35 bits per heavy atom. The number of rotatable bonds is 14. The van der Waals surface area contributed by atoms with E-state index in [4.69, 9.17) is 4.74 Å². The maximum Gasteiger partial charge on any atom is 0.0612 e. The molecule has 0 heterocycles. The van der Waals surface area contributed by atoms with Gasteiger partial charge in [-0.15, -0.1) is 0 Å². The molecule has 0 aliphatic heterocycles. The minimum Gasteiger partial charge on any atom is -0.378 e. The predicted molar refractivity (Wildman–Crippen MR) is 161 cm³/mol. The van der Waals surface area contributed by atoms with Crippen molar-refractivity contribution in [2.75, 3.05) is 6.61 Å². The normalized spacial score (nSPS) is 38.1. The van der Waals surface area contributed by atoms with Gasteiger partial charge in [0.25, 0.3) is 0 Å². The fourth-order valence-electron chi connectivity index (χ4n) is 10.1. The van der Waals surface area contributed by atoms with Crippen LogP contribution >= 0.6 is 0 Å². The third kappa shape index (κ3) is 6.72. The van der Waals surface area contributed by atoms with E-state index in [0.29, 0.717) is 16.9 Å². The molecule has 0 amide bonds. The molecular formula is C36H64O. The molecule has 0 unspecified atom stereocenters. The van der Waals surface area contributed by atoms with E-state index in [0.717, 1.165) is 42.1 Å². The van der Waals surface area contributed by atoms with Gasteiger partial charge >= 0.3 is 0 Å². The van der Waals surface area contributed by atoms with Crippen LogP contribution in [0, 0.1) is 46.3 Å². The quantitative estimate of drug-likeness (QED) is 0.166. The second kappa shape index (κ2) is 13.4. The summed E-state index contributed by atoms with van der Waals surface area (Å²) in [6.07, 6.45) is 28.5. The Hall–Kier alpha value is -0.300. The van der Waals surface area contributed by atoms with E-state index >= 15 is 0 Å². The second-order valence-corrected chi connectivity index (χ2v) is 15.1. The Bertz CT molecular complexity index is 722. The van der Waals surface area contributed by atoms with Crippen LogP contribution in [0.3, 0.4) is 0 Å². The van der Waals surface area contributed by atoms with Gasteiger partial charge in [-0.25, -0.2) is 0 Å². The van der Waals surface area contributed by atoms with Crippen LogP contribution in [0.2, 0.25) is 0 Å². The van der Waals surface area contributed by atoms with Crippen molar-refractivity contribution in [1.29, 1.82) is 0 Å². The van der Waals surface area contributed by atoms with Crippen molar-refractivity contribution in [2.24, 2.45) is 46.3 Å². The van der Waals surface area contributed by atoms with E-state index in [1.54, 1.807) is 5.57 Å². The van der Waals surface area contributed by atoms with E-state index in [-0.39, 0.29) is 0 Å². The highest BCUT2D eigenvalue weighted by molar-refractivity contribution is 5.25. The number of hydrogen-bond donors (Lipinski definition) is 0. The Balaban J connectivity index is 1.29. The third-order valence-electron chi connectivity index (χ3n) is 12.4. The first-order valence-electron chi connectivity index (χ1n) is 17.1. The van der Waals surface area contributed by atoms with Crippen molar-refractivity contribution in [3.8, 4) is 0 Å². The van der Waals surface area contributed by atoms with Crippen molar-refractivity contribution < 1.29 is 4.74 Å². The molecular weight excluding hydrogens is 448 g/mol. The molecule has 8 atom stereocenters. The van der Waals surface area contributed by atoms with Crippen molar-refractivity contribution >= 4 is 0 Å². The summed E-state index contributed by atoms with van der Waals surface area (Å²) in [5.41, 5.74) is 2.87. The van der Waals surface area contributed by atoms with Gasteiger partial charge in [-0.3, -0.25) is 0 Å². The fraction of sp³-hybridized carbons (Fsp3) is 0.944. The highest BCUT2D eigenvalue weighted by Gasteiger charge is 2.59. The molecule has 4 rings (SSSR count). The molecule has 4 aliphatic carbocycles. The second-order valence-electron chi connectivity index (χ2n) is 15.1. The van der Waals surface area contributed by atoms with Crippen molar-refractivity contribution in [3.63, 3.8) is 0 Å². The summed E-state index contributed by atoms with van der Waals surface area (Å²) in [5, 5.41) is 0. The molecule has 3 fully saturated rings. The van der Waals surface area contributed by atoms with Crippen LogP contribution in [-0.4, -0.2) is 12.7 Å². The van der Waals surface area contributed by atoms with Gasteiger partial charge in [0.1, 0.15) is 0 Å². The SMILES string of the molecule is CCCCCCCCCO[C@H]1CC[C@@]2(C)C(=CC[C@H]3[C@@H]4CC[C@H]([C@H](C)CCCC(C)C)[C@@]4(C)CC[C@@H]32)C1.